The van der Waals surface area contributed by atoms with Gasteiger partial charge in [0.25, 0.3) is 5.56 Å². The zero-order chi connectivity index (χ0) is 17.8. The average molecular weight is 363 g/mol. The molecule has 25 heavy (non-hydrogen) atoms. The molecule has 0 amide bonds. The van der Waals surface area contributed by atoms with E-state index in [4.69, 9.17) is 11.6 Å². The van der Waals surface area contributed by atoms with Gasteiger partial charge in [0.05, 0.1) is 19.0 Å². The molecule has 132 valence electrons. The van der Waals surface area contributed by atoms with Gasteiger partial charge in [-0.15, -0.1) is 0 Å². The molecule has 1 fully saturated rings. The number of carbonyl (C=O) groups excluding carboxylic acids is 1. The van der Waals surface area contributed by atoms with Crippen molar-refractivity contribution in [1.82, 2.24) is 9.78 Å². The second-order valence-electron chi connectivity index (χ2n) is 5.69. The van der Waals surface area contributed by atoms with E-state index in [0.717, 1.165) is 30.9 Å². The lowest BCUT2D eigenvalue weighted by atomic mass is 10.2. The fourth-order valence-electron chi connectivity index (χ4n) is 2.82. The molecule has 1 saturated heterocycles. The molecule has 2 heterocycles. The third-order valence-corrected chi connectivity index (χ3v) is 4.57. The molecule has 0 saturated carbocycles. The van der Waals surface area contributed by atoms with Crippen LogP contribution in [0.1, 0.15) is 0 Å². The second-order valence-corrected chi connectivity index (χ2v) is 6.07. The highest BCUT2D eigenvalue weighted by Crippen LogP contribution is 2.24. The van der Waals surface area contributed by atoms with E-state index in [1.165, 1.54) is 19.0 Å². The number of ether oxygens (including phenoxy) is 1. The molecule has 0 aliphatic carbocycles. The van der Waals surface area contributed by atoms with Crippen molar-refractivity contribution in [3.8, 4) is 0 Å². The van der Waals surface area contributed by atoms with E-state index in [2.05, 4.69) is 26.9 Å². The molecule has 1 aromatic carbocycles. The number of anilines is 2. The number of methoxy groups -OCH3 is 1. The number of hydrogen-bond donors (Lipinski definition) is 0. The average Bonchev–Trinajstić information content (AvgIpc) is 2.66. The first-order chi connectivity index (χ1) is 12.1. The van der Waals surface area contributed by atoms with Crippen LogP contribution in [0.5, 0.6) is 0 Å². The van der Waals surface area contributed by atoms with Gasteiger partial charge in [-0.25, -0.2) is 4.68 Å². The number of halogens is 1. The first kappa shape index (κ1) is 17.3. The fraction of sp³-hybridized carbons (Fsp3) is 0.353. The minimum Gasteiger partial charge on any atom is -0.468 e. The molecular weight excluding hydrogens is 344 g/mol. The van der Waals surface area contributed by atoms with Gasteiger partial charge < -0.3 is 14.5 Å². The van der Waals surface area contributed by atoms with Gasteiger partial charge in [0.15, 0.2) is 0 Å². The van der Waals surface area contributed by atoms with Crippen LogP contribution >= 0.6 is 11.6 Å². The number of benzene rings is 1. The molecule has 1 aliphatic rings. The summed E-state index contributed by atoms with van der Waals surface area (Å²) in [7, 11) is 1.26. The van der Waals surface area contributed by atoms with E-state index in [-0.39, 0.29) is 11.6 Å². The Kier molecular flexibility index (Phi) is 5.23. The Bertz CT molecular complexity index is 801. The predicted octanol–water partition coefficient (Wildman–Crippen LogP) is 1.40. The first-order valence-electron chi connectivity index (χ1n) is 7.97. The van der Waals surface area contributed by atoms with Crippen LogP contribution in [0, 0.1) is 0 Å². The molecule has 0 spiro atoms. The summed E-state index contributed by atoms with van der Waals surface area (Å²) in [5.41, 5.74) is 1.29. The quantitative estimate of drug-likeness (QED) is 0.766. The molecule has 0 unspecified atom stereocenters. The van der Waals surface area contributed by atoms with Gasteiger partial charge in [-0.05, 0) is 12.1 Å². The summed E-state index contributed by atoms with van der Waals surface area (Å²) in [4.78, 5) is 27.9. The topological polar surface area (TPSA) is 67.7 Å². The van der Waals surface area contributed by atoms with E-state index < -0.39 is 11.5 Å². The summed E-state index contributed by atoms with van der Waals surface area (Å²) >= 11 is 6.23. The smallest absolute Gasteiger partial charge is 0.327 e. The Hall–Kier alpha value is -2.54. The van der Waals surface area contributed by atoms with Crippen LogP contribution in [0.15, 0.2) is 41.3 Å². The third-order valence-electron chi connectivity index (χ3n) is 4.21. The minimum atomic E-state index is -0.546. The van der Waals surface area contributed by atoms with Crippen LogP contribution in [0.4, 0.5) is 11.4 Å². The molecule has 0 N–H and O–H groups in total. The number of piperazine rings is 1. The monoisotopic (exact) mass is 362 g/mol. The molecule has 0 radical (unpaired) electrons. The van der Waals surface area contributed by atoms with Crippen molar-refractivity contribution in [2.45, 2.75) is 6.54 Å². The molecule has 1 aromatic heterocycles. The van der Waals surface area contributed by atoms with Crippen molar-refractivity contribution < 1.29 is 9.53 Å². The van der Waals surface area contributed by atoms with Gasteiger partial charge in [0.1, 0.15) is 11.6 Å². The molecule has 3 rings (SSSR count). The number of aromatic nitrogens is 2. The lowest BCUT2D eigenvalue weighted by Crippen LogP contribution is -2.47. The van der Waals surface area contributed by atoms with Crippen molar-refractivity contribution >= 4 is 28.9 Å². The van der Waals surface area contributed by atoms with Crippen LogP contribution in [0.25, 0.3) is 0 Å². The predicted molar refractivity (Wildman–Crippen MR) is 96.4 cm³/mol. The van der Waals surface area contributed by atoms with E-state index in [9.17, 15) is 9.59 Å². The molecular formula is C17H19ClN4O3. The molecule has 7 nitrogen and oxygen atoms in total. The highest BCUT2D eigenvalue weighted by atomic mass is 35.5. The van der Waals surface area contributed by atoms with Gasteiger partial charge in [0.2, 0.25) is 0 Å². The van der Waals surface area contributed by atoms with Crippen LogP contribution in [-0.4, -0.2) is 49.0 Å². The molecule has 0 atom stereocenters. The summed E-state index contributed by atoms with van der Waals surface area (Å²) in [6.07, 6.45) is 1.53. The van der Waals surface area contributed by atoms with Crippen LogP contribution in [-0.2, 0) is 16.1 Å². The maximum Gasteiger partial charge on any atom is 0.327 e. The number of nitrogens with zero attached hydrogens (tertiary/aromatic N) is 4. The van der Waals surface area contributed by atoms with Crippen LogP contribution in [0.2, 0.25) is 5.02 Å². The number of para-hydroxylation sites is 1. The lowest BCUT2D eigenvalue weighted by molar-refractivity contribution is -0.141. The van der Waals surface area contributed by atoms with Crippen molar-refractivity contribution in [3.63, 3.8) is 0 Å². The standard InChI is InChI=1S/C17H19ClN4O3/c1-25-15(23)12-22-17(24)16(18)14(11-19-22)21-9-7-20(8-10-21)13-5-3-2-4-6-13/h2-6,11H,7-10,12H2,1H3. The Balaban J connectivity index is 1.72. The van der Waals surface area contributed by atoms with E-state index in [1.54, 1.807) is 0 Å². The summed E-state index contributed by atoms with van der Waals surface area (Å²) in [6.45, 7) is 2.86. The van der Waals surface area contributed by atoms with E-state index >= 15 is 0 Å². The summed E-state index contributed by atoms with van der Waals surface area (Å²) in [5.74, 6) is -0.546. The van der Waals surface area contributed by atoms with Crippen LogP contribution < -0.4 is 15.4 Å². The summed E-state index contributed by atoms with van der Waals surface area (Å²) in [5, 5.41) is 4.12. The van der Waals surface area contributed by atoms with E-state index in [1.807, 2.05) is 23.1 Å². The Morgan fingerprint density at radius 1 is 1.16 bits per heavy atom. The minimum absolute atomic E-state index is 0.0760. The first-order valence-corrected chi connectivity index (χ1v) is 8.35. The van der Waals surface area contributed by atoms with Gasteiger partial charge in [-0.2, -0.15) is 5.10 Å². The Morgan fingerprint density at radius 2 is 1.80 bits per heavy atom. The number of carbonyl (C=O) groups is 1. The van der Waals surface area contributed by atoms with Gasteiger partial charge in [-0.1, -0.05) is 29.8 Å². The Morgan fingerprint density at radius 3 is 2.44 bits per heavy atom. The van der Waals surface area contributed by atoms with Crippen molar-refractivity contribution in [2.24, 2.45) is 0 Å². The zero-order valence-electron chi connectivity index (χ0n) is 13.9. The fourth-order valence-corrected chi connectivity index (χ4v) is 3.09. The number of esters is 1. The van der Waals surface area contributed by atoms with E-state index in [0.29, 0.717) is 5.69 Å². The van der Waals surface area contributed by atoms with Crippen molar-refractivity contribution in [3.05, 3.63) is 51.9 Å². The lowest BCUT2D eigenvalue weighted by Gasteiger charge is -2.37. The number of rotatable bonds is 4. The Labute approximate surface area is 150 Å². The third kappa shape index (κ3) is 3.76. The molecule has 8 heteroatoms. The maximum atomic E-state index is 12.3. The summed E-state index contributed by atoms with van der Waals surface area (Å²) < 4.78 is 5.56. The highest BCUT2D eigenvalue weighted by molar-refractivity contribution is 6.33. The zero-order valence-corrected chi connectivity index (χ0v) is 14.6. The van der Waals surface area contributed by atoms with Gasteiger partial charge in [-0.3, -0.25) is 9.59 Å². The largest absolute Gasteiger partial charge is 0.468 e. The van der Waals surface area contributed by atoms with Crippen LogP contribution in [0.3, 0.4) is 0 Å². The van der Waals surface area contributed by atoms with Gasteiger partial charge >= 0.3 is 5.97 Å². The van der Waals surface area contributed by atoms with Gasteiger partial charge in [0, 0.05) is 31.9 Å². The normalized spacial score (nSPS) is 14.5. The molecule has 1 aliphatic heterocycles. The molecule has 0 bridgehead atoms. The SMILES string of the molecule is COC(=O)Cn1ncc(N2CCN(c3ccccc3)CC2)c(Cl)c1=O. The van der Waals surface area contributed by atoms with Crippen molar-refractivity contribution in [2.75, 3.05) is 43.1 Å². The highest BCUT2D eigenvalue weighted by Gasteiger charge is 2.21. The summed E-state index contributed by atoms with van der Waals surface area (Å²) in [6, 6.07) is 10.2. The maximum absolute atomic E-state index is 12.3. The molecule has 2 aromatic rings. The second kappa shape index (κ2) is 7.57. The number of hydrogen-bond acceptors (Lipinski definition) is 6. The van der Waals surface area contributed by atoms with Crippen molar-refractivity contribution in [1.29, 1.82) is 0 Å².